The molecule has 0 unspecified atom stereocenters. The van der Waals surface area contributed by atoms with Gasteiger partial charge in [0.2, 0.25) is 15.9 Å². The monoisotopic (exact) mass is 320 g/mol. The number of hydrogen-bond acceptors (Lipinski definition) is 4. The van der Waals surface area contributed by atoms with Crippen LogP contribution in [0.1, 0.15) is 33.1 Å². The maximum Gasteiger partial charge on any atom is 0.303 e. The normalized spacial score (nSPS) is 17.2. The molecule has 1 heterocycles. The van der Waals surface area contributed by atoms with Crippen LogP contribution in [-0.2, 0) is 19.6 Å². The molecule has 1 fully saturated rings. The summed E-state index contributed by atoms with van der Waals surface area (Å²) in [5.41, 5.74) is 0. The third-order valence-corrected chi connectivity index (χ3v) is 5.32. The lowest BCUT2D eigenvalue weighted by atomic mass is 10.1. The second-order valence-corrected chi connectivity index (χ2v) is 7.78. The maximum atomic E-state index is 12.1. The summed E-state index contributed by atoms with van der Waals surface area (Å²) in [7, 11) is -3.42. The van der Waals surface area contributed by atoms with Crippen molar-refractivity contribution in [2.45, 2.75) is 33.1 Å². The molecule has 1 N–H and O–H groups in total. The van der Waals surface area contributed by atoms with Crippen LogP contribution >= 0.6 is 0 Å². The fraction of sp³-hybridized carbons (Fsp3) is 0.846. The number of amides is 1. The molecule has 1 amide bonds. The van der Waals surface area contributed by atoms with Crippen molar-refractivity contribution in [2.24, 2.45) is 5.92 Å². The molecule has 0 saturated carbocycles. The highest BCUT2D eigenvalue weighted by Crippen LogP contribution is 2.12. The van der Waals surface area contributed by atoms with Gasteiger partial charge in [0.05, 0.1) is 5.75 Å². The van der Waals surface area contributed by atoms with E-state index in [-0.39, 0.29) is 30.4 Å². The average Bonchev–Trinajstić information content (AvgIpc) is 2.37. The number of carboxylic acid groups (broad SMARTS) is 1. The molecule has 8 heteroatoms. The molecule has 0 radical (unpaired) electrons. The predicted octanol–water partition coefficient (Wildman–Crippen LogP) is 0.371. The standard InChI is InChI=1S/C13H24N2O5S/c1-11(2)10-12(16)14-5-7-15(8-6-14)21(19,20)9-3-4-13(17)18/h11H,3-10H2,1-2H3,(H,17,18). The Hall–Kier alpha value is -1.15. The number of sulfonamides is 1. The van der Waals surface area contributed by atoms with E-state index in [9.17, 15) is 18.0 Å². The van der Waals surface area contributed by atoms with Gasteiger partial charge >= 0.3 is 5.97 Å². The minimum Gasteiger partial charge on any atom is -0.481 e. The van der Waals surface area contributed by atoms with Crippen molar-refractivity contribution in [3.8, 4) is 0 Å². The third-order valence-electron chi connectivity index (χ3n) is 3.36. The first-order chi connectivity index (χ1) is 9.72. The lowest BCUT2D eigenvalue weighted by Gasteiger charge is -2.34. The van der Waals surface area contributed by atoms with Crippen molar-refractivity contribution in [2.75, 3.05) is 31.9 Å². The minimum atomic E-state index is -3.42. The van der Waals surface area contributed by atoms with Gasteiger partial charge in [-0.1, -0.05) is 13.8 Å². The van der Waals surface area contributed by atoms with E-state index in [1.54, 1.807) is 4.90 Å². The zero-order valence-corrected chi connectivity index (χ0v) is 13.4. The maximum absolute atomic E-state index is 12.1. The molecule has 0 bridgehead atoms. The summed E-state index contributed by atoms with van der Waals surface area (Å²) in [6.45, 7) is 5.34. The summed E-state index contributed by atoms with van der Waals surface area (Å²) in [6.07, 6.45) is 0.446. The smallest absolute Gasteiger partial charge is 0.303 e. The number of carbonyl (C=O) groups excluding carboxylic acids is 1. The van der Waals surface area contributed by atoms with Crippen LogP contribution in [-0.4, -0.2) is 66.5 Å². The Morgan fingerprint density at radius 2 is 1.71 bits per heavy atom. The van der Waals surface area contributed by atoms with Gasteiger partial charge < -0.3 is 10.0 Å². The van der Waals surface area contributed by atoms with Crippen LogP contribution in [0.15, 0.2) is 0 Å². The summed E-state index contributed by atoms with van der Waals surface area (Å²) < 4.78 is 25.5. The number of rotatable bonds is 7. The van der Waals surface area contributed by atoms with Crippen LogP contribution in [0.3, 0.4) is 0 Å². The molecule has 0 atom stereocenters. The predicted molar refractivity (Wildman–Crippen MR) is 78.3 cm³/mol. The van der Waals surface area contributed by atoms with Crippen LogP contribution in [0, 0.1) is 5.92 Å². The van der Waals surface area contributed by atoms with E-state index in [2.05, 4.69) is 0 Å². The van der Waals surface area contributed by atoms with E-state index in [4.69, 9.17) is 5.11 Å². The molecule has 0 aromatic rings. The van der Waals surface area contributed by atoms with Crippen molar-refractivity contribution >= 4 is 21.9 Å². The first kappa shape index (κ1) is 17.9. The summed E-state index contributed by atoms with van der Waals surface area (Å²) in [4.78, 5) is 24.0. The van der Waals surface area contributed by atoms with Gasteiger partial charge in [0, 0.05) is 39.0 Å². The van der Waals surface area contributed by atoms with Gasteiger partial charge in [-0.25, -0.2) is 8.42 Å². The first-order valence-corrected chi connectivity index (χ1v) is 8.80. The highest BCUT2D eigenvalue weighted by Gasteiger charge is 2.28. The second kappa shape index (κ2) is 7.74. The number of piperazine rings is 1. The van der Waals surface area contributed by atoms with Gasteiger partial charge in [-0.3, -0.25) is 9.59 Å². The Balaban J connectivity index is 2.44. The molecule has 0 aliphatic carbocycles. The Morgan fingerprint density at radius 1 is 1.14 bits per heavy atom. The zero-order chi connectivity index (χ0) is 16.0. The second-order valence-electron chi connectivity index (χ2n) is 5.69. The number of nitrogens with zero attached hydrogens (tertiary/aromatic N) is 2. The largest absolute Gasteiger partial charge is 0.481 e. The van der Waals surface area contributed by atoms with Gasteiger partial charge in [0.1, 0.15) is 0 Å². The molecule has 21 heavy (non-hydrogen) atoms. The molecular weight excluding hydrogens is 296 g/mol. The molecule has 7 nitrogen and oxygen atoms in total. The third kappa shape index (κ3) is 6.01. The molecule has 1 rings (SSSR count). The molecule has 1 aliphatic rings. The van der Waals surface area contributed by atoms with Crippen LogP contribution in [0.2, 0.25) is 0 Å². The highest BCUT2D eigenvalue weighted by atomic mass is 32.2. The van der Waals surface area contributed by atoms with E-state index in [1.807, 2.05) is 13.8 Å². The Kier molecular flexibility index (Phi) is 6.60. The van der Waals surface area contributed by atoms with Gasteiger partial charge in [-0.15, -0.1) is 0 Å². The SMILES string of the molecule is CC(C)CC(=O)N1CCN(S(=O)(=O)CCCC(=O)O)CC1. The topological polar surface area (TPSA) is 95.0 Å². The Bertz CT molecular complexity index is 467. The van der Waals surface area contributed by atoms with E-state index < -0.39 is 16.0 Å². The Morgan fingerprint density at radius 3 is 2.19 bits per heavy atom. The van der Waals surface area contributed by atoms with E-state index in [0.717, 1.165) is 0 Å². The fourth-order valence-electron chi connectivity index (χ4n) is 2.23. The lowest BCUT2D eigenvalue weighted by Crippen LogP contribution is -2.51. The van der Waals surface area contributed by atoms with E-state index in [0.29, 0.717) is 32.6 Å². The van der Waals surface area contributed by atoms with Crippen molar-refractivity contribution in [1.82, 2.24) is 9.21 Å². The van der Waals surface area contributed by atoms with Crippen molar-refractivity contribution in [3.63, 3.8) is 0 Å². The van der Waals surface area contributed by atoms with E-state index >= 15 is 0 Å². The first-order valence-electron chi connectivity index (χ1n) is 7.20. The van der Waals surface area contributed by atoms with Crippen LogP contribution in [0.5, 0.6) is 0 Å². The molecule has 0 aromatic carbocycles. The number of carbonyl (C=O) groups is 2. The van der Waals surface area contributed by atoms with Crippen LogP contribution in [0.4, 0.5) is 0 Å². The van der Waals surface area contributed by atoms with Crippen LogP contribution < -0.4 is 0 Å². The summed E-state index contributed by atoms with van der Waals surface area (Å²) in [5, 5.41) is 8.54. The summed E-state index contributed by atoms with van der Waals surface area (Å²) >= 11 is 0. The molecule has 1 aliphatic heterocycles. The van der Waals surface area contributed by atoms with Gasteiger partial charge in [-0.05, 0) is 12.3 Å². The number of aliphatic carboxylic acids is 1. The van der Waals surface area contributed by atoms with Crippen molar-refractivity contribution in [3.05, 3.63) is 0 Å². The molecule has 0 aromatic heterocycles. The molecule has 122 valence electrons. The summed E-state index contributed by atoms with van der Waals surface area (Å²) in [5.74, 6) is -0.795. The number of hydrogen-bond donors (Lipinski definition) is 1. The number of carboxylic acids is 1. The van der Waals surface area contributed by atoms with Crippen molar-refractivity contribution < 1.29 is 23.1 Å². The van der Waals surface area contributed by atoms with Crippen LogP contribution in [0.25, 0.3) is 0 Å². The zero-order valence-electron chi connectivity index (χ0n) is 12.6. The quantitative estimate of drug-likeness (QED) is 0.731. The summed E-state index contributed by atoms with van der Waals surface area (Å²) in [6, 6.07) is 0. The molecule has 1 saturated heterocycles. The van der Waals surface area contributed by atoms with Gasteiger partial charge in [0.25, 0.3) is 0 Å². The van der Waals surface area contributed by atoms with E-state index in [1.165, 1.54) is 4.31 Å². The highest BCUT2D eigenvalue weighted by molar-refractivity contribution is 7.89. The lowest BCUT2D eigenvalue weighted by molar-refractivity contribution is -0.137. The Labute approximate surface area is 126 Å². The molecular formula is C13H24N2O5S. The van der Waals surface area contributed by atoms with Gasteiger partial charge in [-0.2, -0.15) is 4.31 Å². The van der Waals surface area contributed by atoms with Gasteiger partial charge in [0.15, 0.2) is 0 Å². The molecule has 0 spiro atoms. The van der Waals surface area contributed by atoms with Crippen molar-refractivity contribution in [1.29, 1.82) is 0 Å². The fourth-order valence-corrected chi connectivity index (χ4v) is 3.72. The average molecular weight is 320 g/mol. The minimum absolute atomic E-state index is 0.0629.